The van der Waals surface area contributed by atoms with Crippen LogP contribution in [0.4, 0.5) is 0 Å². The fraction of sp³-hybridized carbons (Fsp3) is 0.784. The number of nitriles is 1. The first-order valence-corrected chi connectivity index (χ1v) is 16.7. The summed E-state index contributed by atoms with van der Waals surface area (Å²) in [5, 5.41) is 13.2. The largest absolute Gasteiger partial charge is 0.377 e. The molecule has 0 spiro atoms. The lowest BCUT2D eigenvalue weighted by atomic mass is 9.38. The third-order valence-corrected chi connectivity index (χ3v) is 13.5. The van der Waals surface area contributed by atoms with Crippen molar-refractivity contribution < 1.29 is 19.1 Å². The topological polar surface area (TPSA) is 96.3 Å². The van der Waals surface area contributed by atoms with E-state index >= 15 is 0 Å². The normalized spacial score (nSPS) is 41.2. The lowest BCUT2D eigenvalue weighted by Crippen LogP contribution is -2.58. The first kappa shape index (κ1) is 32.1. The van der Waals surface area contributed by atoms with Gasteiger partial charge in [0.15, 0.2) is 11.6 Å². The van der Waals surface area contributed by atoms with Gasteiger partial charge in [-0.3, -0.25) is 14.4 Å². The predicted molar refractivity (Wildman–Crippen MR) is 168 cm³/mol. The summed E-state index contributed by atoms with van der Waals surface area (Å²) in [4.78, 5) is 39.2. The van der Waals surface area contributed by atoms with Gasteiger partial charge in [-0.2, -0.15) is 5.26 Å². The molecule has 5 rings (SSSR count). The maximum absolute atomic E-state index is 13.4. The molecule has 0 aromatic heterocycles. The van der Waals surface area contributed by atoms with E-state index in [1.54, 1.807) is 6.92 Å². The lowest BCUT2D eigenvalue weighted by molar-refractivity contribution is -0.135. The molecule has 6 atom stereocenters. The Morgan fingerprint density at radius 2 is 1.70 bits per heavy atom. The van der Waals surface area contributed by atoms with Crippen molar-refractivity contribution in [1.82, 2.24) is 5.32 Å². The van der Waals surface area contributed by atoms with Crippen molar-refractivity contribution in [3.63, 3.8) is 0 Å². The van der Waals surface area contributed by atoms with Crippen LogP contribution in [0.25, 0.3) is 0 Å². The molecule has 0 aromatic rings. The highest BCUT2D eigenvalue weighted by Crippen LogP contribution is 2.71. The van der Waals surface area contributed by atoms with Gasteiger partial charge >= 0.3 is 0 Å². The van der Waals surface area contributed by atoms with Crippen LogP contribution in [0.2, 0.25) is 0 Å². The number of rotatable bonds is 6. The molecule has 0 aromatic carbocycles. The monoisotopic (exact) mass is 590 g/mol. The molecule has 236 valence electrons. The number of hydrogen-bond acceptors (Lipinski definition) is 5. The van der Waals surface area contributed by atoms with Gasteiger partial charge in [-0.25, -0.2) is 0 Å². The van der Waals surface area contributed by atoms with Crippen molar-refractivity contribution in [3.05, 3.63) is 23.3 Å². The smallest absolute Gasteiger partial charge is 0.220 e. The van der Waals surface area contributed by atoms with Crippen LogP contribution in [0.15, 0.2) is 23.3 Å². The van der Waals surface area contributed by atoms with Gasteiger partial charge in [-0.15, -0.1) is 0 Å². The number of fused-ring (bicyclic) bond motifs is 2. The van der Waals surface area contributed by atoms with E-state index < -0.39 is 10.8 Å². The molecule has 43 heavy (non-hydrogen) atoms. The quantitative estimate of drug-likeness (QED) is 0.328. The first-order chi connectivity index (χ1) is 19.9. The highest BCUT2D eigenvalue weighted by molar-refractivity contribution is 6.04. The fourth-order valence-electron chi connectivity index (χ4n) is 10.5. The van der Waals surface area contributed by atoms with Gasteiger partial charge in [0.2, 0.25) is 5.91 Å². The Balaban J connectivity index is 1.50. The Morgan fingerprint density at radius 3 is 2.30 bits per heavy atom. The van der Waals surface area contributed by atoms with Crippen LogP contribution in [0.3, 0.4) is 0 Å². The summed E-state index contributed by atoms with van der Waals surface area (Å²) >= 11 is 0. The molecule has 1 unspecified atom stereocenters. The van der Waals surface area contributed by atoms with E-state index in [9.17, 15) is 19.6 Å². The number of ketones is 2. The minimum absolute atomic E-state index is 0.0279. The van der Waals surface area contributed by atoms with E-state index in [4.69, 9.17) is 4.74 Å². The molecular weight excluding hydrogens is 536 g/mol. The highest BCUT2D eigenvalue weighted by Gasteiger charge is 2.64. The Kier molecular flexibility index (Phi) is 7.98. The second-order valence-electron chi connectivity index (χ2n) is 17.1. The average molecular weight is 591 g/mol. The molecule has 5 aliphatic rings. The van der Waals surface area contributed by atoms with Crippen LogP contribution in [0, 0.1) is 55.7 Å². The first-order valence-electron chi connectivity index (χ1n) is 16.7. The van der Waals surface area contributed by atoms with E-state index in [-0.39, 0.29) is 56.7 Å². The SMILES string of the molecule is CC(=O)/C=C1/[C@@]2(C)C=C(C#N)C(=O)C(C)(C)[C@@H]2CC[C@@]1(C)[C@]1(C)CC[C@@]2(CCC(=O)NC3COC3)CCC(C)(C)CC2C1. The summed E-state index contributed by atoms with van der Waals surface area (Å²) in [6.45, 7) is 18.7. The van der Waals surface area contributed by atoms with E-state index in [1.165, 1.54) is 6.42 Å². The Hall–Kier alpha value is -2.26. The number of ether oxygens (including phenoxy) is 1. The van der Waals surface area contributed by atoms with Crippen molar-refractivity contribution in [2.45, 2.75) is 126 Å². The summed E-state index contributed by atoms with van der Waals surface area (Å²) in [5.41, 5.74) is 0.243. The molecule has 0 bridgehead atoms. The van der Waals surface area contributed by atoms with Crippen molar-refractivity contribution in [2.24, 2.45) is 44.3 Å². The molecule has 1 amide bonds. The summed E-state index contributed by atoms with van der Waals surface area (Å²) in [6.07, 6.45) is 13.8. The van der Waals surface area contributed by atoms with Gasteiger partial charge < -0.3 is 10.1 Å². The van der Waals surface area contributed by atoms with Gasteiger partial charge in [-0.1, -0.05) is 60.1 Å². The molecule has 6 nitrogen and oxygen atoms in total. The third kappa shape index (κ3) is 5.26. The second kappa shape index (κ2) is 10.7. The van der Waals surface area contributed by atoms with Gasteiger partial charge in [0.05, 0.1) is 24.8 Å². The predicted octanol–water partition coefficient (Wildman–Crippen LogP) is 7.28. The number of carbonyl (C=O) groups is 3. The zero-order valence-corrected chi connectivity index (χ0v) is 28.0. The molecule has 4 aliphatic carbocycles. The van der Waals surface area contributed by atoms with Crippen molar-refractivity contribution in [3.8, 4) is 6.07 Å². The zero-order chi connectivity index (χ0) is 31.6. The van der Waals surface area contributed by atoms with Gasteiger partial charge in [0, 0.05) is 17.3 Å². The van der Waals surface area contributed by atoms with Crippen LogP contribution >= 0.6 is 0 Å². The molecule has 6 heteroatoms. The number of allylic oxidation sites excluding steroid dienone is 4. The molecule has 0 radical (unpaired) electrons. The molecular formula is C37H54N2O4. The van der Waals surface area contributed by atoms with Gasteiger partial charge in [0.25, 0.3) is 0 Å². The molecule has 4 fully saturated rings. The number of nitrogens with one attached hydrogen (secondary N) is 1. The van der Waals surface area contributed by atoms with E-state index in [1.807, 2.05) is 26.0 Å². The van der Waals surface area contributed by atoms with Crippen molar-refractivity contribution in [1.29, 1.82) is 5.26 Å². The van der Waals surface area contributed by atoms with Crippen LogP contribution in [-0.2, 0) is 19.1 Å². The van der Waals surface area contributed by atoms with E-state index in [0.29, 0.717) is 25.6 Å². The summed E-state index contributed by atoms with van der Waals surface area (Å²) in [5.74, 6) is 0.641. The molecule has 1 N–H and O–H groups in total. The fourth-order valence-corrected chi connectivity index (χ4v) is 10.5. The molecule has 1 aliphatic heterocycles. The number of amides is 1. The maximum atomic E-state index is 13.4. The molecule has 3 saturated carbocycles. The van der Waals surface area contributed by atoms with Crippen LogP contribution < -0.4 is 5.32 Å². The van der Waals surface area contributed by atoms with Gasteiger partial charge in [-0.05, 0) is 104 Å². The molecule has 1 heterocycles. The standard InChI is InChI=1S/C37H54N2O4/c1-24(40)17-29-35(7)18-25(21-38)31(42)33(4,5)28(35)9-11-36(29,8)34(6)14-16-37(12-10-30(41)39-27-22-43-23-27)15-13-32(2,3)19-26(37)20-34/h17-18,26-28H,9-16,19-20,22-23H2,1-8H3,(H,39,41)/b29-17-/t26?,28-,34+,35-,36+,37+/m0/s1. The van der Waals surface area contributed by atoms with Crippen LogP contribution in [0.1, 0.15) is 120 Å². The average Bonchev–Trinajstić information content (AvgIpc) is 2.89. The van der Waals surface area contributed by atoms with E-state index in [2.05, 4.69) is 46.0 Å². The highest BCUT2D eigenvalue weighted by atomic mass is 16.5. The summed E-state index contributed by atoms with van der Waals surface area (Å²) in [6, 6.07) is 2.38. The van der Waals surface area contributed by atoms with Crippen molar-refractivity contribution in [2.75, 3.05) is 13.2 Å². The minimum atomic E-state index is -0.673. The van der Waals surface area contributed by atoms with Crippen LogP contribution in [-0.4, -0.2) is 36.7 Å². The van der Waals surface area contributed by atoms with Gasteiger partial charge in [0.1, 0.15) is 6.07 Å². The Morgan fingerprint density at radius 1 is 1.02 bits per heavy atom. The third-order valence-electron chi connectivity index (χ3n) is 13.5. The summed E-state index contributed by atoms with van der Waals surface area (Å²) in [7, 11) is 0. The van der Waals surface area contributed by atoms with Crippen LogP contribution in [0.5, 0.6) is 0 Å². The second-order valence-corrected chi connectivity index (χ2v) is 17.1. The van der Waals surface area contributed by atoms with Crippen molar-refractivity contribution >= 4 is 17.5 Å². The van der Waals surface area contributed by atoms with E-state index in [0.717, 1.165) is 56.9 Å². The maximum Gasteiger partial charge on any atom is 0.220 e. The number of hydrogen-bond donors (Lipinski definition) is 1. The lowest BCUT2D eigenvalue weighted by Gasteiger charge is -2.65. The minimum Gasteiger partial charge on any atom is -0.377 e. The Labute approximate surface area is 259 Å². The number of nitrogens with zero attached hydrogens (tertiary/aromatic N) is 1. The summed E-state index contributed by atoms with van der Waals surface area (Å²) < 4.78 is 5.25. The zero-order valence-electron chi connectivity index (χ0n) is 28.0. The number of carbonyl (C=O) groups excluding carboxylic acids is 3. The number of Topliss-reactive ketones (excluding diaryl/α,β-unsaturated/α-hetero) is 1. The Bertz CT molecular complexity index is 1300. The molecule has 1 saturated heterocycles.